The lowest BCUT2D eigenvalue weighted by atomic mass is 9.64. The Morgan fingerprint density at radius 2 is 1.48 bits per heavy atom. The summed E-state index contributed by atoms with van der Waals surface area (Å²) in [6.45, 7) is 9.78. The van der Waals surface area contributed by atoms with Crippen LogP contribution in [0.2, 0.25) is 0 Å². The summed E-state index contributed by atoms with van der Waals surface area (Å²) in [5, 5.41) is 9.80. The van der Waals surface area contributed by atoms with Crippen molar-refractivity contribution in [3.05, 3.63) is 34.4 Å². The summed E-state index contributed by atoms with van der Waals surface area (Å²) in [4.78, 5) is 25.4. The lowest BCUT2D eigenvalue weighted by molar-refractivity contribution is -0.147. The molecule has 0 bridgehead atoms. The molecule has 0 spiro atoms. The highest BCUT2D eigenvalue weighted by Crippen LogP contribution is 2.50. The van der Waals surface area contributed by atoms with E-state index in [-0.39, 0.29) is 11.7 Å². The third-order valence-electron chi connectivity index (χ3n) is 5.38. The molecule has 2 atom stereocenters. The number of aliphatic carboxylic acids is 1. The van der Waals surface area contributed by atoms with Crippen molar-refractivity contribution in [1.82, 2.24) is 0 Å². The fourth-order valence-corrected chi connectivity index (χ4v) is 4.63. The second-order valence-corrected chi connectivity index (χ2v) is 7.53. The summed E-state index contributed by atoms with van der Waals surface area (Å²) in [7, 11) is 1.17. The summed E-state index contributed by atoms with van der Waals surface area (Å²) in [6.07, 6.45) is 3.25. The highest BCUT2D eigenvalue weighted by molar-refractivity contribution is 7.00. The molecule has 0 aromatic heterocycles. The molecule has 2 rings (SSSR count). The Balaban J connectivity index is 0.00000151. The number of rotatable bonds is 5. The van der Waals surface area contributed by atoms with E-state index in [1.807, 2.05) is 46.8 Å². The summed E-state index contributed by atoms with van der Waals surface area (Å²) in [5.74, 6) is -1.46. The van der Waals surface area contributed by atoms with Crippen molar-refractivity contribution in [3.8, 4) is 0 Å². The van der Waals surface area contributed by atoms with Crippen LogP contribution in [0.5, 0.6) is 0 Å². The largest absolute Gasteiger partial charge is 0.481 e. The van der Waals surface area contributed by atoms with Gasteiger partial charge in [-0.05, 0) is 50.7 Å². The standard InChI is InChI=1S/C20H28O3.H2OP/c1-12(2)17(19(22)23)20(8-6-7-9-20)18(21)16-14(4)10-13(3)11-15(16)5;1-2/h10-12,17H,6-9H2,1-5H3,(H,22,23);2H2/q;+1. The van der Waals surface area contributed by atoms with Crippen molar-refractivity contribution in [3.63, 3.8) is 0 Å². The first-order valence-corrected chi connectivity index (χ1v) is 9.27. The van der Waals surface area contributed by atoms with Gasteiger partial charge in [-0.1, -0.05) is 49.0 Å². The fourth-order valence-electron chi connectivity index (χ4n) is 4.63. The third kappa shape index (κ3) is 4.17. The molecule has 1 aliphatic rings. The zero-order chi connectivity index (χ0) is 19.4. The molecule has 25 heavy (non-hydrogen) atoms. The minimum absolute atomic E-state index is 0.0473. The topological polar surface area (TPSA) is 71.4 Å². The van der Waals surface area contributed by atoms with Crippen LogP contribution in [-0.2, 0) is 9.36 Å². The number of carboxylic acids is 1. The second kappa shape index (κ2) is 8.71. The summed E-state index contributed by atoms with van der Waals surface area (Å²) in [6, 6.07) is 4.04. The molecule has 2 unspecified atom stereocenters. The molecular formula is C20H30O4P+. The molecule has 1 N–H and O–H groups in total. The Bertz CT molecular complexity index is 622. The number of carbonyl (C=O) groups excluding carboxylic acids is 1. The number of hydrogen-bond donors (Lipinski definition) is 1. The van der Waals surface area contributed by atoms with Crippen molar-refractivity contribution in [1.29, 1.82) is 0 Å². The van der Waals surface area contributed by atoms with E-state index in [0.29, 0.717) is 12.8 Å². The number of Topliss-reactive ketones (excluding diaryl/α,β-unsaturated/α-hetero) is 1. The highest BCUT2D eigenvalue weighted by Gasteiger charge is 2.52. The first-order valence-electron chi connectivity index (χ1n) is 8.79. The highest BCUT2D eigenvalue weighted by atomic mass is 31.0. The zero-order valence-electron chi connectivity index (χ0n) is 15.9. The number of hydrogen-bond acceptors (Lipinski definition) is 3. The van der Waals surface area contributed by atoms with E-state index in [4.69, 9.17) is 4.57 Å². The molecule has 1 fully saturated rings. The minimum atomic E-state index is -0.835. The van der Waals surface area contributed by atoms with Gasteiger partial charge in [-0.2, -0.15) is 0 Å². The van der Waals surface area contributed by atoms with Gasteiger partial charge in [0, 0.05) is 11.0 Å². The Kier molecular flexibility index (Phi) is 7.49. The van der Waals surface area contributed by atoms with E-state index in [1.54, 1.807) is 0 Å². The molecule has 0 saturated heterocycles. The van der Waals surface area contributed by atoms with Gasteiger partial charge in [-0.3, -0.25) is 9.59 Å². The normalized spacial score (nSPS) is 16.9. The lowest BCUT2D eigenvalue weighted by Gasteiger charge is -2.37. The van der Waals surface area contributed by atoms with E-state index in [0.717, 1.165) is 35.1 Å². The molecule has 0 radical (unpaired) electrons. The maximum atomic E-state index is 13.5. The second-order valence-electron chi connectivity index (χ2n) is 7.53. The molecule has 0 amide bonds. The van der Waals surface area contributed by atoms with Crippen LogP contribution < -0.4 is 0 Å². The van der Waals surface area contributed by atoms with Crippen molar-refractivity contribution in [2.24, 2.45) is 17.3 Å². The molecule has 4 nitrogen and oxygen atoms in total. The van der Waals surface area contributed by atoms with Gasteiger partial charge in [0.1, 0.15) is 0 Å². The first-order chi connectivity index (χ1) is 11.7. The molecule has 1 aromatic rings. The van der Waals surface area contributed by atoms with Crippen LogP contribution in [0.1, 0.15) is 66.6 Å². The smallest absolute Gasteiger partial charge is 0.310 e. The average molecular weight is 365 g/mol. The van der Waals surface area contributed by atoms with Gasteiger partial charge in [-0.25, -0.2) is 0 Å². The van der Waals surface area contributed by atoms with Crippen molar-refractivity contribution in [2.45, 2.75) is 60.3 Å². The number of carbonyl (C=O) groups is 2. The van der Waals surface area contributed by atoms with Crippen molar-refractivity contribution >= 4 is 20.9 Å². The summed E-state index contributed by atoms with van der Waals surface area (Å²) in [5.41, 5.74) is 3.06. The SMILES string of the molecule is Cc1cc(C)c(C(=O)C2(C(C(=O)O)C(C)C)CCCC2)c(C)c1.O=[PH2+]. The van der Waals surface area contributed by atoms with Gasteiger partial charge in [0.2, 0.25) is 0 Å². The van der Waals surface area contributed by atoms with Crippen LogP contribution in [0, 0.1) is 38.0 Å². The number of benzene rings is 1. The molecule has 138 valence electrons. The summed E-state index contributed by atoms with van der Waals surface area (Å²) < 4.78 is 8.17. The monoisotopic (exact) mass is 365 g/mol. The number of aryl methyl sites for hydroxylation is 3. The molecular weight excluding hydrogens is 335 g/mol. The zero-order valence-corrected chi connectivity index (χ0v) is 17.0. The fraction of sp³-hybridized carbons (Fsp3) is 0.600. The van der Waals surface area contributed by atoms with Crippen LogP contribution in [0.25, 0.3) is 0 Å². The van der Waals surface area contributed by atoms with E-state index in [1.165, 1.54) is 9.12 Å². The van der Waals surface area contributed by atoms with Crippen LogP contribution in [0.3, 0.4) is 0 Å². The Hall–Kier alpha value is -1.54. The number of carboxylic acid groups (broad SMARTS) is 1. The lowest BCUT2D eigenvalue weighted by Crippen LogP contribution is -2.44. The van der Waals surface area contributed by atoms with Gasteiger partial charge in [-0.15, -0.1) is 0 Å². The van der Waals surface area contributed by atoms with Gasteiger partial charge in [0.25, 0.3) is 0 Å². The Morgan fingerprint density at radius 3 is 1.84 bits per heavy atom. The molecule has 1 aliphatic carbocycles. The number of ketones is 1. The Labute approximate surface area is 152 Å². The molecule has 1 aromatic carbocycles. The van der Waals surface area contributed by atoms with Crippen LogP contribution in [-0.4, -0.2) is 16.9 Å². The predicted molar refractivity (Wildman–Crippen MR) is 102 cm³/mol. The average Bonchev–Trinajstić information content (AvgIpc) is 2.97. The van der Waals surface area contributed by atoms with Crippen molar-refractivity contribution < 1.29 is 19.3 Å². The third-order valence-corrected chi connectivity index (χ3v) is 5.38. The van der Waals surface area contributed by atoms with Gasteiger partial charge >= 0.3 is 15.1 Å². The molecule has 0 heterocycles. The molecule has 1 saturated carbocycles. The van der Waals surface area contributed by atoms with Gasteiger partial charge in [0.05, 0.1) is 5.92 Å². The maximum Gasteiger partial charge on any atom is 0.310 e. The van der Waals surface area contributed by atoms with E-state index in [2.05, 4.69) is 0 Å². The van der Waals surface area contributed by atoms with Crippen LogP contribution >= 0.6 is 9.12 Å². The van der Waals surface area contributed by atoms with E-state index in [9.17, 15) is 14.7 Å². The van der Waals surface area contributed by atoms with Crippen molar-refractivity contribution in [2.75, 3.05) is 0 Å². The van der Waals surface area contributed by atoms with Gasteiger partial charge in [0.15, 0.2) is 5.78 Å². The molecule has 0 aliphatic heterocycles. The molecule has 5 heteroatoms. The quantitative estimate of drug-likeness (QED) is 0.594. The van der Waals surface area contributed by atoms with Crippen LogP contribution in [0.4, 0.5) is 0 Å². The first kappa shape index (κ1) is 21.5. The summed E-state index contributed by atoms with van der Waals surface area (Å²) >= 11 is 0. The predicted octanol–water partition coefficient (Wildman–Crippen LogP) is 4.92. The maximum absolute atomic E-state index is 13.5. The van der Waals surface area contributed by atoms with Gasteiger partial charge < -0.3 is 5.11 Å². The Morgan fingerprint density at radius 1 is 1.04 bits per heavy atom. The van der Waals surface area contributed by atoms with E-state index < -0.39 is 17.3 Å². The van der Waals surface area contributed by atoms with E-state index >= 15 is 0 Å². The van der Waals surface area contributed by atoms with Crippen LogP contribution in [0.15, 0.2) is 12.1 Å². The minimum Gasteiger partial charge on any atom is -0.481 e.